The van der Waals surface area contributed by atoms with Crippen LogP contribution in [0.4, 0.5) is 0 Å². The molecule has 0 unspecified atom stereocenters. The first-order valence-electron chi connectivity index (χ1n) is 6.15. The second kappa shape index (κ2) is 7.92. The number of hydrazone groups is 1. The highest BCUT2D eigenvalue weighted by molar-refractivity contribution is 5.87. The number of nitrogens with one attached hydrogen (secondary N) is 1. The number of hydrogen-bond acceptors (Lipinski definition) is 5. The van der Waals surface area contributed by atoms with Crippen molar-refractivity contribution in [2.45, 2.75) is 13.5 Å². The van der Waals surface area contributed by atoms with E-state index in [-0.39, 0.29) is 37.2 Å². The lowest BCUT2D eigenvalue weighted by atomic mass is 10.1. The molecule has 0 aromatic carbocycles. The molecule has 7 nitrogen and oxygen atoms in total. The first-order valence-corrected chi connectivity index (χ1v) is 6.15. The van der Waals surface area contributed by atoms with E-state index in [1.807, 2.05) is 21.1 Å². The minimum Gasteiger partial charge on any atom is -1.00 e. The summed E-state index contributed by atoms with van der Waals surface area (Å²) in [6, 6.07) is 0. The molecule has 0 atom stereocenters. The van der Waals surface area contributed by atoms with Gasteiger partial charge in [-0.3, -0.25) is 9.78 Å². The molecular formula is C13H21ClN4O3. The zero-order valence-corrected chi connectivity index (χ0v) is 13.3. The fraction of sp³-hybridized carbons (Fsp3) is 0.462. The predicted molar refractivity (Wildman–Crippen MR) is 75.2 cm³/mol. The van der Waals surface area contributed by atoms with Gasteiger partial charge < -0.3 is 27.1 Å². The van der Waals surface area contributed by atoms with Crippen molar-refractivity contribution in [3.05, 3.63) is 23.0 Å². The van der Waals surface area contributed by atoms with Crippen molar-refractivity contribution in [2.24, 2.45) is 5.10 Å². The molecule has 0 aliphatic rings. The van der Waals surface area contributed by atoms with Crippen LogP contribution in [0.15, 0.2) is 11.3 Å². The van der Waals surface area contributed by atoms with Crippen LogP contribution in [0.25, 0.3) is 0 Å². The number of quaternary nitrogens is 1. The molecule has 0 aliphatic carbocycles. The number of carbonyl (C=O) groups is 1. The molecule has 1 aromatic heterocycles. The third-order valence-corrected chi connectivity index (χ3v) is 2.53. The summed E-state index contributed by atoms with van der Waals surface area (Å²) in [6.45, 7) is 1.66. The van der Waals surface area contributed by atoms with Crippen LogP contribution in [0.1, 0.15) is 16.8 Å². The smallest absolute Gasteiger partial charge is 0.295 e. The fourth-order valence-corrected chi connectivity index (χ4v) is 1.56. The molecule has 0 bridgehead atoms. The molecule has 0 fully saturated rings. The van der Waals surface area contributed by atoms with Gasteiger partial charge in [-0.15, -0.1) is 0 Å². The van der Waals surface area contributed by atoms with E-state index in [1.54, 1.807) is 6.92 Å². The Morgan fingerprint density at radius 1 is 1.48 bits per heavy atom. The number of aromatic hydroxyl groups is 1. The highest BCUT2D eigenvalue weighted by Gasteiger charge is 2.13. The van der Waals surface area contributed by atoms with Gasteiger partial charge in [-0.1, -0.05) is 0 Å². The highest BCUT2D eigenvalue weighted by atomic mass is 35.5. The van der Waals surface area contributed by atoms with E-state index in [9.17, 15) is 15.0 Å². The molecule has 3 N–H and O–H groups in total. The maximum atomic E-state index is 11.6. The van der Waals surface area contributed by atoms with Crippen LogP contribution in [0.2, 0.25) is 0 Å². The first kappa shape index (κ1) is 19.3. The van der Waals surface area contributed by atoms with Gasteiger partial charge in [0.05, 0.1) is 39.7 Å². The zero-order valence-electron chi connectivity index (χ0n) is 12.6. The number of aromatic nitrogens is 1. The first-order chi connectivity index (χ1) is 9.24. The predicted octanol–water partition coefficient (Wildman–Crippen LogP) is -3.25. The zero-order chi connectivity index (χ0) is 15.3. The third kappa shape index (κ3) is 6.07. The number of amides is 1. The van der Waals surface area contributed by atoms with Gasteiger partial charge in [-0.05, 0) is 6.92 Å². The lowest BCUT2D eigenvalue weighted by Crippen LogP contribution is -3.00. The van der Waals surface area contributed by atoms with Crippen LogP contribution in [-0.4, -0.2) is 59.5 Å². The minimum absolute atomic E-state index is 0. The van der Waals surface area contributed by atoms with Crippen molar-refractivity contribution in [2.75, 3.05) is 27.7 Å². The number of aryl methyl sites for hydroxylation is 1. The standard InChI is InChI=1S/C13H20N4O3.ClH/c1-9-13(20)11(10(8-18)5-14-9)6-15-16-12(19)7-17(2,3)4;/h5-6,18H,7-8H2,1-4H3,(H-,14,15,16,19,20);1H. The second-order valence-electron chi connectivity index (χ2n) is 5.53. The van der Waals surface area contributed by atoms with Crippen molar-refractivity contribution >= 4 is 12.1 Å². The van der Waals surface area contributed by atoms with E-state index in [0.29, 0.717) is 21.3 Å². The normalized spacial score (nSPS) is 11.3. The summed E-state index contributed by atoms with van der Waals surface area (Å²) in [6.07, 6.45) is 2.77. The summed E-state index contributed by atoms with van der Waals surface area (Å²) < 4.78 is 0.489. The molecule has 118 valence electrons. The number of aliphatic hydroxyl groups is 1. The van der Waals surface area contributed by atoms with E-state index >= 15 is 0 Å². The maximum Gasteiger partial charge on any atom is 0.295 e. The van der Waals surface area contributed by atoms with Crippen molar-refractivity contribution in [1.29, 1.82) is 0 Å². The quantitative estimate of drug-likeness (QED) is 0.302. The average molecular weight is 317 g/mol. The van der Waals surface area contributed by atoms with E-state index in [1.165, 1.54) is 12.4 Å². The van der Waals surface area contributed by atoms with Gasteiger partial charge in [0, 0.05) is 17.3 Å². The van der Waals surface area contributed by atoms with Gasteiger partial charge in [0.15, 0.2) is 6.54 Å². The topological polar surface area (TPSA) is 94.8 Å². The number of rotatable bonds is 5. The molecule has 1 amide bonds. The molecule has 0 spiro atoms. The van der Waals surface area contributed by atoms with Crippen molar-refractivity contribution in [3.8, 4) is 5.75 Å². The maximum absolute atomic E-state index is 11.6. The molecule has 0 saturated carbocycles. The highest BCUT2D eigenvalue weighted by Crippen LogP contribution is 2.21. The van der Waals surface area contributed by atoms with Crippen molar-refractivity contribution in [1.82, 2.24) is 10.4 Å². The second-order valence-corrected chi connectivity index (χ2v) is 5.53. The van der Waals surface area contributed by atoms with Gasteiger partial charge in [0.1, 0.15) is 5.75 Å². The Morgan fingerprint density at radius 2 is 2.10 bits per heavy atom. The van der Waals surface area contributed by atoms with Crippen LogP contribution in [0.3, 0.4) is 0 Å². The number of hydrogen-bond donors (Lipinski definition) is 3. The van der Waals surface area contributed by atoms with E-state index in [0.717, 1.165) is 0 Å². The average Bonchev–Trinajstić information content (AvgIpc) is 2.32. The SMILES string of the molecule is Cc1ncc(CO)c(/C=N/NC(=O)C[N+](C)(C)C)c1O.[Cl-]. The summed E-state index contributed by atoms with van der Waals surface area (Å²) in [5.41, 5.74) is 3.61. The Labute approximate surface area is 130 Å². The summed E-state index contributed by atoms with van der Waals surface area (Å²) in [4.78, 5) is 15.5. The van der Waals surface area contributed by atoms with Crippen LogP contribution in [0, 0.1) is 6.92 Å². The molecular weight excluding hydrogens is 296 g/mol. The van der Waals surface area contributed by atoms with Gasteiger partial charge in [0.2, 0.25) is 0 Å². The van der Waals surface area contributed by atoms with Gasteiger partial charge in [0.25, 0.3) is 5.91 Å². The Morgan fingerprint density at radius 3 is 2.62 bits per heavy atom. The number of likely N-dealkylation sites (N-methyl/N-ethyl adjacent to an activating group) is 1. The van der Waals surface area contributed by atoms with E-state index in [4.69, 9.17) is 0 Å². The number of nitrogens with zero attached hydrogens (tertiary/aromatic N) is 3. The molecule has 1 aromatic rings. The van der Waals surface area contributed by atoms with Crippen LogP contribution < -0.4 is 17.8 Å². The molecule has 21 heavy (non-hydrogen) atoms. The number of carbonyl (C=O) groups excluding carboxylic acids is 1. The van der Waals surface area contributed by atoms with E-state index < -0.39 is 0 Å². The summed E-state index contributed by atoms with van der Waals surface area (Å²) in [5, 5.41) is 22.9. The number of halogens is 1. The Bertz CT molecular complexity index is 527. The largest absolute Gasteiger partial charge is 1.00 e. The van der Waals surface area contributed by atoms with E-state index in [2.05, 4.69) is 15.5 Å². The lowest BCUT2D eigenvalue weighted by Gasteiger charge is -2.22. The molecule has 1 rings (SSSR count). The van der Waals surface area contributed by atoms with Gasteiger partial charge >= 0.3 is 0 Å². The molecule has 8 heteroatoms. The molecule has 1 heterocycles. The molecule has 0 radical (unpaired) electrons. The van der Waals surface area contributed by atoms with Crippen LogP contribution in [-0.2, 0) is 11.4 Å². The number of aliphatic hydroxyl groups excluding tert-OH is 1. The summed E-state index contributed by atoms with van der Waals surface area (Å²) >= 11 is 0. The Hall–Kier alpha value is -1.70. The molecule has 0 aliphatic heterocycles. The Kier molecular flexibility index (Phi) is 7.28. The summed E-state index contributed by atoms with van der Waals surface area (Å²) in [5.74, 6) is -0.286. The van der Waals surface area contributed by atoms with Crippen molar-refractivity contribution in [3.63, 3.8) is 0 Å². The van der Waals surface area contributed by atoms with Gasteiger partial charge in [-0.2, -0.15) is 5.10 Å². The fourth-order valence-electron chi connectivity index (χ4n) is 1.56. The van der Waals surface area contributed by atoms with Crippen LogP contribution >= 0.6 is 0 Å². The Balaban J connectivity index is 0.00000400. The minimum atomic E-state index is -0.269. The monoisotopic (exact) mass is 316 g/mol. The molecule has 0 saturated heterocycles. The van der Waals surface area contributed by atoms with Crippen LogP contribution in [0.5, 0.6) is 5.75 Å². The third-order valence-electron chi connectivity index (χ3n) is 2.53. The van der Waals surface area contributed by atoms with Gasteiger partial charge in [-0.25, -0.2) is 5.43 Å². The van der Waals surface area contributed by atoms with Crippen molar-refractivity contribution < 1.29 is 31.9 Å². The summed E-state index contributed by atoms with van der Waals surface area (Å²) in [7, 11) is 5.68. The lowest BCUT2D eigenvalue weighted by molar-refractivity contribution is -0.862. The number of pyridine rings is 1.